The van der Waals surface area contributed by atoms with Gasteiger partial charge in [0.1, 0.15) is 18.7 Å². The van der Waals surface area contributed by atoms with Crippen molar-refractivity contribution in [2.24, 2.45) is 0 Å². The Morgan fingerprint density at radius 1 is 1.11 bits per heavy atom. The van der Waals surface area contributed by atoms with Gasteiger partial charge < -0.3 is 4.74 Å². The van der Waals surface area contributed by atoms with Crippen molar-refractivity contribution in [1.82, 2.24) is 0 Å². The zero-order chi connectivity index (χ0) is 13.0. The number of carbonyl (C=O) groups is 1. The van der Waals surface area contributed by atoms with Gasteiger partial charge in [0.15, 0.2) is 11.6 Å². The molecule has 0 heterocycles. The number of benzene rings is 2. The van der Waals surface area contributed by atoms with Gasteiger partial charge in [-0.25, -0.2) is 8.78 Å². The van der Waals surface area contributed by atoms with Crippen molar-refractivity contribution in [3.05, 3.63) is 65.2 Å². The fourth-order valence-electron chi connectivity index (χ4n) is 1.50. The first-order valence-electron chi connectivity index (χ1n) is 5.31. The highest BCUT2D eigenvalue weighted by Crippen LogP contribution is 2.19. The third kappa shape index (κ3) is 2.91. The predicted octanol–water partition coefficient (Wildman–Crippen LogP) is 3.36. The van der Waals surface area contributed by atoms with Gasteiger partial charge in [-0.15, -0.1) is 0 Å². The van der Waals surface area contributed by atoms with Crippen LogP contribution in [0.25, 0.3) is 0 Å². The highest BCUT2D eigenvalue weighted by Gasteiger charge is 2.05. The standard InChI is InChI=1S/C14H10F2O2/c15-12-3-1-2-11(6-12)9-18-14-5-4-10(8-17)7-13(14)16/h1-8H,9H2. The first-order chi connectivity index (χ1) is 8.69. The van der Waals surface area contributed by atoms with Crippen molar-refractivity contribution < 1.29 is 18.3 Å². The summed E-state index contributed by atoms with van der Waals surface area (Å²) < 4.78 is 31.6. The summed E-state index contributed by atoms with van der Waals surface area (Å²) in [6.45, 7) is 0.0646. The predicted molar refractivity (Wildman–Crippen MR) is 62.5 cm³/mol. The fourth-order valence-corrected chi connectivity index (χ4v) is 1.50. The van der Waals surface area contributed by atoms with Gasteiger partial charge in [0, 0.05) is 5.56 Å². The van der Waals surface area contributed by atoms with Crippen LogP contribution in [-0.4, -0.2) is 6.29 Å². The summed E-state index contributed by atoms with van der Waals surface area (Å²) in [5, 5.41) is 0. The lowest BCUT2D eigenvalue weighted by molar-refractivity contribution is 0.112. The molecule has 2 aromatic rings. The number of hydrogen-bond donors (Lipinski definition) is 0. The molecule has 0 saturated carbocycles. The number of rotatable bonds is 4. The highest BCUT2D eigenvalue weighted by atomic mass is 19.1. The van der Waals surface area contributed by atoms with Gasteiger partial charge in [0.05, 0.1) is 0 Å². The molecule has 2 rings (SSSR count). The second-order valence-corrected chi connectivity index (χ2v) is 3.73. The van der Waals surface area contributed by atoms with Crippen LogP contribution in [0, 0.1) is 11.6 Å². The van der Waals surface area contributed by atoms with Crippen molar-refractivity contribution in [3.8, 4) is 5.75 Å². The minimum atomic E-state index is -0.615. The average molecular weight is 248 g/mol. The van der Waals surface area contributed by atoms with Crippen LogP contribution >= 0.6 is 0 Å². The third-order valence-corrected chi connectivity index (χ3v) is 2.38. The zero-order valence-electron chi connectivity index (χ0n) is 9.40. The molecular weight excluding hydrogens is 238 g/mol. The molecule has 0 fully saturated rings. The monoisotopic (exact) mass is 248 g/mol. The molecule has 0 aromatic heterocycles. The van der Waals surface area contributed by atoms with E-state index in [-0.39, 0.29) is 23.7 Å². The Morgan fingerprint density at radius 2 is 1.94 bits per heavy atom. The van der Waals surface area contributed by atoms with E-state index in [1.54, 1.807) is 12.1 Å². The average Bonchev–Trinajstić information content (AvgIpc) is 2.37. The van der Waals surface area contributed by atoms with Gasteiger partial charge in [0.2, 0.25) is 0 Å². The number of aldehydes is 1. The highest BCUT2D eigenvalue weighted by molar-refractivity contribution is 5.74. The fraction of sp³-hybridized carbons (Fsp3) is 0.0714. The molecule has 4 heteroatoms. The first kappa shape index (κ1) is 12.2. The quantitative estimate of drug-likeness (QED) is 0.775. The summed E-state index contributed by atoms with van der Waals surface area (Å²) in [5.74, 6) is -0.950. The van der Waals surface area contributed by atoms with E-state index < -0.39 is 5.82 Å². The molecule has 0 aliphatic carbocycles. The Bertz CT molecular complexity index is 567. The van der Waals surface area contributed by atoms with E-state index >= 15 is 0 Å². The second kappa shape index (κ2) is 5.40. The van der Waals surface area contributed by atoms with Gasteiger partial charge in [-0.1, -0.05) is 12.1 Å². The maximum absolute atomic E-state index is 13.5. The van der Waals surface area contributed by atoms with E-state index in [4.69, 9.17) is 4.74 Å². The molecular formula is C14H10F2O2. The van der Waals surface area contributed by atoms with Gasteiger partial charge in [-0.2, -0.15) is 0 Å². The molecule has 2 aromatic carbocycles. The number of halogens is 2. The van der Waals surface area contributed by atoms with Gasteiger partial charge in [-0.05, 0) is 35.9 Å². The van der Waals surface area contributed by atoms with Crippen LogP contribution in [-0.2, 0) is 6.61 Å². The van der Waals surface area contributed by atoms with Crippen LogP contribution in [0.1, 0.15) is 15.9 Å². The summed E-state index contributed by atoms with van der Waals surface area (Å²) in [6, 6.07) is 9.80. The lowest BCUT2D eigenvalue weighted by Gasteiger charge is -2.07. The van der Waals surface area contributed by atoms with E-state index in [1.165, 1.54) is 24.3 Å². The number of ether oxygens (including phenoxy) is 1. The Hall–Kier alpha value is -2.23. The Morgan fingerprint density at radius 3 is 2.61 bits per heavy atom. The Kier molecular flexibility index (Phi) is 3.67. The Balaban J connectivity index is 2.08. The molecule has 0 N–H and O–H groups in total. The van der Waals surface area contributed by atoms with E-state index in [1.807, 2.05) is 0 Å². The zero-order valence-corrected chi connectivity index (χ0v) is 9.40. The normalized spacial score (nSPS) is 10.1. The molecule has 0 aliphatic heterocycles. The van der Waals surface area contributed by atoms with Gasteiger partial charge in [0.25, 0.3) is 0 Å². The molecule has 0 aliphatic rings. The topological polar surface area (TPSA) is 26.3 Å². The lowest BCUT2D eigenvalue weighted by Crippen LogP contribution is -1.98. The second-order valence-electron chi connectivity index (χ2n) is 3.73. The third-order valence-electron chi connectivity index (χ3n) is 2.38. The molecule has 0 radical (unpaired) electrons. The smallest absolute Gasteiger partial charge is 0.165 e. The summed E-state index contributed by atoms with van der Waals surface area (Å²) in [4.78, 5) is 10.4. The molecule has 0 spiro atoms. The van der Waals surface area contributed by atoms with Crippen LogP contribution in [0.2, 0.25) is 0 Å². The summed E-state index contributed by atoms with van der Waals surface area (Å²) in [5.41, 5.74) is 0.847. The van der Waals surface area contributed by atoms with E-state index in [2.05, 4.69) is 0 Å². The molecule has 0 bridgehead atoms. The minimum Gasteiger partial charge on any atom is -0.486 e. The molecule has 0 amide bonds. The van der Waals surface area contributed by atoms with Crippen LogP contribution in [0.15, 0.2) is 42.5 Å². The van der Waals surface area contributed by atoms with Crippen molar-refractivity contribution in [2.45, 2.75) is 6.61 Å². The van der Waals surface area contributed by atoms with Crippen molar-refractivity contribution >= 4 is 6.29 Å². The van der Waals surface area contributed by atoms with Crippen molar-refractivity contribution in [2.75, 3.05) is 0 Å². The Labute approximate surface area is 103 Å². The molecule has 92 valence electrons. The van der Waals surface area contributed by atoms with E-state index in [0.717, 1.165) is 6.07 Å². The first-order valence-corrected chi connectivity index (χ1v) is 5.31. The molecule has 18 heavy (non-hydrogen) atoms. The SMILES string of the molecule is O=Cc1ccc(OCc2cccc(F)c2)c(F)c1. The summed E-state index contributed by atoms with van der Waals surface area (Å²) in [6.07, 6.45) is 0.555. The minimum absolute atomic E-state index is 0.0323. The van der Waals surface area contributed by atoms with E-state index in [9.17, 15) is 13.6 Å². The molecule has 2 nitrogen and oxygen atoms in total. The van der Waals surface area contributed by atoms with Crippen molar-refractivity contribution in [3.63, 3.8) is 0 Å². The lowest BCUT2D eigenvalue weighted by atomic mass is 10.2. The van der Waals surface area contributed by atoms with Crippen LogP contribution in [0.5, 0.6) is 5.75 Å². The number of carbonyl (C=O) groups excluding carboxylic acids is 1. The van der Waals surface area contributed by atoms with Gasteiger partial charge in [-0.3, -0.25) is 4.79 Å². The molecule has 0 saturated heterocycles. The van der Waals surface area contributed by atoms with Crippen LogP contribution < -0.4 is 4.74 Å². The molecule has 0 unspecified atom stereocenters. The largest absolute Gasteiger partial charge is 0.486 e. The van der Waals surface area contributed by atoms with Gasteiger partial charge >= 0.3 is 0 Å². The maximum Gasteiger partial charge on any atom is 0.165 e. The van der Waals surface area contributed by atoms with Crippen LogP contribution in [0.4, 0.5) is 8.78 Å². The number of hydrogen-bond acceptors (Lipinski definition) is 2. The maximum atomic E-state index is 13.5. The summed E-state index contributed by atoms with van der Waals surface area (Å²) in [7, 11) is 0. The van der Waals surface area contributed by atoms with Crippen LogP contribution in [0.3, 0.4) is 0 Å². The summed E-state index contributed by atoms with van der Waals surface area (Å²) >= 11 is 0. The molecule has 0 atom stereocenters. The van der Waals surface area contributed by atoms with Crippen molar-refractivity contribution in [1.29, 1.82) is 0 Å². The van der Waals surface area contributed by atoms with E-state index in [0.29, 0.717) is 11.8 Å².